The van der Waals surface area contributed by atoms with Gasteiger partial charge in [0.15, 0.2) is 5.58 Å². The molecule has 1 atom stereocenters. The Hall–Kier alpha value is -2.69. The van der Waals surface area contributed by atoms with Gasteiger partial charge in [-0.15, -0.1) is 0 Å². The molecule has 4 nitrogen and oxygen atoms in total. The predicted molar refractivity (Wildman–Crippen MR) is 97.0 cm³/mol. The Bertz CT molecular complexity index is 898. The lowest BCUT2D eigenvalue weighted by atomic mass is 9.91. The summed E-state index contributed by atoms with van der Waals surface area (Å²) in [5.41, 5.74) is 2.28. The summed E-state index contributed by atoms with van der Waals surface area (Å²) >= 11 is 0. The number of halogens is 1. The zero-order valence-corrected chi connectivity index (χ0v) is 14.5. The largest absolute Gasteiger partial charge is 0.356 e. The Morgan fingerprint density at radius 1 is 1.15 bits per heavy atom. The van der Waals surface area contributed by atoms with E-state index in [1.165, 1.54) is 25.0 Å². The van der Waals surface area contributed by atoms with Crippen LogP contribution in [0.4, 0.5) is 4.39 Å². The van der Waals surface area contributed by atoms with Gasteiger partial charge in [-0.1, -0.05) is 42.3 Å². The van der Waals surface area contributed by atoms with E-state index in [1.807, 2.05) is 24.3 Å². The monoisotopic (exact) mass is 352 g/mol. The molecule has 2 aromatic carbocycles. The molecule has 0 saturated heterocycles. The first-order valence-electron chi connectivity index (χ1n) is 9.09. The Morgan fingerprint density at radius 3 is 2.65 bits per heavy atom. The van der Waals surface area contributed by atoms with Crippen molar-refractivity contribution >= 4 is 16.9 Å². The zero-order chi connectivity index (χ0) is 17.9. The average molecular weight is 352 g/mol. The molecule has 1 amide bonds. The first kappa shape index (κ1) is 16.8. The van der Waals surface area contributed by atoms with E-state index in [2.05, 4.69) is 10.5 Å². The van der Waals surface area contributed by atoms with E-state index in [1.54, 1.807) is 12.1 Å². The third-order valence-corrected chi connectivity index (χ3v) is 5.20. The summed E-state index contributed by atoms with van der Waals surface area (Å²) in [7, 11) is 0. The van der Waals surface area contributed by atoms with Gasteiger partial charge in [-0.05, 0) is 48.6 Å². The van der Waals surface area contributed by atoms with Crippen LogP contribution in [0, 0.1) is 11.7 Å². The fourth-order valence-corrected chi connectivity index (χ4v) is 3.88. The number of carbonyl (C=O) groups is 1. The third-order valence-electron chi connectivity index (χ3n) is 5.20. The van der Waals surface area contributed by atoms with Gasteiger partial charge in [0.2, 0.25) is 5.91 Å². The number of hydrogen-bond acceptors (Lipinski definition) is 3. The van der Waals surface area contributed by atoms with Crippen LogP contribution in [0.1, 0.15) is 43.0 Å². The molecule has 134 valence electrons. The predicted octanol–water partition coefficient (Wildman–Crippen LogP) is 4.56. The smallest absolute Gasteiger partial charge is 0.226 e. The van der Waals surface area contributed by atoms with Crippen molar-refractivity contribution in [1.82, 2.24) is 10.5 Å². The first-order chi connectivity index (χ1) is 12.7. The summed E-state index contributed by atoms with van der Waals surface area (Å²) in [5.74, 6) is 0.0306. The molecule has 1 aliphatic carbocycles. The molecule has 1 unspecified atom stereocenters. The second-order valence-corrected chi connectivity index (χ2v) is 6.94. The highest BCUT2D eigenvalue weighted by molar-refractivity contribution is 5.86. The molecule has 0 spiro atoms. The number of nitrogens with zero attached hydrogens (tertiary/aromatic N) is 1. The number of carbonyl (C=O) groups excluding carboxylic acids is 1. The SMILES string of the molecule is O=C(Cc1noc2ccccc12)NC(c1ccc(F)cc1)C1CCCC1. The van der Waals surface area contributed by atoms with Gasteiger partial charge in [-0.25, -0.2) is 4.39 Å². The number of fused-ring (bicyclic) bond motifs is 1. The summed E-state index contributed by atoms with van der Waals surface area (Å²) in [6, 6.07) is 13.9. The Balaban J connectivity index is 1.53. The van der Waals surface area contributed by atoms with Crippen molar-refractivity contribution in [3.63, 3.8) is 0 Å². The number of hydrogen-bond donors (Lipinski definition) is 1. The van der Waals surface area contributed by atoms with Gasteiger partial charge in [0.05, 0.1) is 12.5 Å². The van der Waals surface area contributed by atoms with E-state index in [9.17, 15) is 9.18 Å². The van der Waals surface area contributed by atoms with Crippen LogP contribution in [-0.2, 0) is 11.2 Å². The van der Waals surface area contributed by atoms with Crippen molar-refractivity contribution in [3.8, 4) is 0 Å². The summed E-state index contributed by atoms with van der Waals surface area (Å²) in [6.07, 6.45) is 4.67. The van der Waals surface area contributed by atoms with E-state index in [0.717, 1.165) is 23.8 Å². The third kappa shape index (κ3) is 3.47. The molecule has 1 fully saturated rings. The van der Waals surface area contributed by atoms with E-state index < -0.39 is 0 Å². The lowest BCUT2D eigenvalue weighted by Crippen LogP contribution is -2.33. The number of amides is 1. The van der Waals surface area contributed by atoms with Crippen molar-refractivity contribution < 1.29 is 13.7 Å². The highest BCUT2D eigenvalue weighted by atomic mass is 19.1. The highest BCUT2D eigenvalue weighted by Crippen LogP contribution is 2.36. The van der Waals surface area contributed by atoms with Crippen LogP contribution in [0.2, 0.25) is 0 Å². The maximum absolute atomic E-state index is 13.3. The minimum Gasteiger partial charge on any atom is -0.356 e. The quantitative estimate of drug-likeness (QED) is 0.732. The van der Waals surface area contributed by atoms with Gasteiger partial charge in [0.25, 0.3) is 0 Å². The molecule has 3 aromatic rings. The second kappa shape index (κ2) is 7.28. The fraction of sp³-hybridized carbons (Fsp3) is 0.333. The number of benzene rings is 2. The number of rotatable bonds is 5. The Kier molecular flexibility index (Phi) is 4.69. The summed E-state index contributed by atoms with van der Waals surface area (Å²) in [6.45, 7) is 0. The van der Waals surface area contributed by atoms with Crippen molar-refractivity contribution in [2.24, 2.45) is 5.92 Å². The number of para-hydroxylation sites is 1. The topological polar surface area (TPSA) is 55.1 Å². The molecular weight excluding hydrogens is 331 g/mol. The van der Waals surface area contributed by atoms with E-state index in [-0.39, 0.29) is 24.2 Å². The van der Waals surface area contributed by atoms with E-state index in [4.69, 9.17) is 4.52 Å². The maximum atomic E-state index is 13.3. The first-order valence-corrected chi connectivity index (χ1v) is 9.09. The lowest BCUT2D eigenvalue weighted by Gasteiger charge is -2.25. The van der Waals surface area contributed by atoms with Crippen LogP contribution < -0.4 is 5.32 Å². The van der Waals surface area contributed by atoms with E-state index in [0.29, 0.717) is 17.2 Å². The molecule has 1 aromatic heterocycles. The van der Waals surface area contributed by atoms with Gasteiger partial charge in [-0.3, -0.25) is 4.79 Å². The molecule has 1 N–H and O–H groups in total. The van der Waals surface area contributed by atoms with Gasteiger partial charge in [0.1, 0.15) is 11.5 Å². The van der Waals surface area contributed by atoms with Crippen LogP contribution in [0.3, 0.4) is 0 Å². The van der Waals surface area contributed by atoms with Crippen LogP contribution in [-0.4, -0.2) is 11.1 Å². The van der Waals surface area contributed by atoms with Crippen molar-refractivity contribution in [3.05, 3.63) is 65.6 Å². The second-order valence-electron chi connectivity index (χ2n) is 6.94. The average Bonchev–Trinajstić information content (AvgIpc) is 3.31. The van der Waals surface area contributed by atoms with Crippen LogP contribution in [0.15, 0.2) is 53.1 Å². The number of aromatic nitrogens is 1. The molecule has 5 heteroatoms. The van der Waals surface area contributed by atoms with Crippen LogP contribution in [0.25, 0.3) is 11.0 Å². The molecule has 0 bridgehead atoms. The summed E-state index contributed by atoms with van der Waals surface area (Å²) < 4.78 is 18.6. The zero-order valence-electron chi connectivity index (χ0n) is 14.5. The van der Waals surface area contributed by atoms with Crippen molar-refractivity contribution in [2.45, 2.75) is 38.1 Å². The minimum absolute atomic E-state index is 0.0923. The summed E-state index contributed by atoms with van der Waals surface area (Å²) in [4.78, 5) is 12.7. The van der Waals surface area contributed by atoms with Gasteiger partial charge in [-0.2, -0.15) is 0 Å². The molecular formula is C21H21FN2O2. The molecule has 0 aliphatic heterocycles. The lowest BCUT2D eigenvalue weighted by molar-refractivity contribution is -0.121. The van der Waals surface area contributed by atoms with Gasteiger partial charge < -0.3 is 9.84 Å². The summed E-state index contributed by atoms with van der Waals surface area (Å²) in [5, 5.41) is 8.06. The Morgan fingerprint density at radius 2 is 1.88 bits per heavy atom. The molecule has 1 aliphatic rings. The van der Waals surface area contributed by atoms with Gasteiger partial charge in [0, 0.05) is 5.39 Å². The number of nitrogens with one attached hydrogen (secondary N) is 1. The fourth-order valence-electron chi connectivity index (χ4n) is 3.88. The standard InChI is InChI=1S/C21H21FN2O2/c22-16-11-9-15(10-12-16)21(14-5-1-2-6-14)23-20(25)13-18-17-7-3-4-8-19(17)26-24-18/h3-4,7-12,14,21H,1-2,5-6,13H2,(H,23,25). The van der Waals surface area contributed by atoms with Crippen molar-refractivity contribution in [1.29, 1.82) is 0 Å². The molecule has 26 heavy (non-hydrogen) atoms. The van der Waals surface area contributed by atoms with Gasteiger partial charge >= 0.3 is 0 Å². The van der Waals surface area contributed by atoms with Crippen molar-refractivity contribution in [2.75, 3.05) is 0 Å². The molecule has 4 rings (SSSR count). The molecule has 1 heterocycles. The Labute approximate surface area is 151 Å². The highest BCUT2D eigenvalue weighted by Gasteiger charge is 2.28. The molecule has 1 saturated carbocycles. The normalized spacial score (nSPS) is 16.0. The van der Waals surface area contributed by atoms with Crippen LogP contribution in [0.5, 0.6) is 0 Å². The maximum Gasteiger partial charge on any atom is 0.226 e. The van der Waals surface area contributed by atoms with Crippen LogP contribution >= 0.6 is 0 Å². The minimum atomic E-state index is -0.265. The molecule has 0 radical (unpaired) electrons. The van der Waals surface area contributed by atoms with E-state index >= 15 is 0 Å².